The maximum Gasteiger partial charge on any atom is 0.255 e. The number of likely N-dealkylation sites (N-methyl/N-ethyl adjacent to an activating group) is 1. The van der Waals surface area contributed by atoms with E-state index in [-0.39, 0.29) is 11.8 Å². The van der Waals surface area contributed by atoms with E-state index in [1.54, 1.807) is 11.9 Å². The van der Waals surface area contributed by atoms with E-state index in [1.165, 1.54) is 11.3 Å². The number of nitrogens with zero attached hydrogens (tertiary/aromatic N) is 1. The summed E-state index contributed by atoms with van der Waals surface area (Å²) >= 11 is 1.51. The minimum atomic E-state index is -0.421. The van der Waals surface area contributed by atoms with Gasteiger partial charge in [-0.1, -0.05) is 0 Å². The Balaban J connectivity index is 2.21. The molecule has 0 spiro atoms. The van der Waals surface area contributed by atoms with E-state index >= 15 is 0 Å². The number of hydrogen-bond acceptors (Lipinski definition) is 4. The van der Waals surface area contributed by atoms with Gasteiger partial charge in [-0.25, -0.2) is 0 Å². The van der Waals surface area contributed by atoms with Crippen LogP contribution in [0.5, 0.6) is 0 Å². The maximum atomic E-state index is 12.4. The molecule has 2 heterocycles. The average Bonchev–Trinajstić information content (AvgIpc) is 2.83. The maximum absolute atomic E-state index is 12.4. The molecule has 6 heteroatoms. The summed E-state index contributed by atoms with van der Waals surface area (Å²) in [5.41, 5.74) is 1.68. The molecule has 1 aromatic rings. The van der Waals surface area contributed by atoms with E-state index in [9.17, 15) is 9.59 Å². The van der Waals surface area contributed by atoms with Gasteiger partial charge in [0.05, 0.1) is 5.56 Å². The monoisotopic (exact) mass is 267 g/mol. The third-order valence-corrected chi connectivity index (χ3v) is 4.00. The van der Waals surface area contributed by atoms with Crippen LogP contribution in [0, 0.1) is 6.92 Å². The Bertz CT molecular complexity index is 458. The third kappa shape index (κ3) is 2.39. The molecule has 2 rings (SSSR count). The first kappa shape index (κ1) is 13.0. The molecule has 5 nitrogen and oxygen atoms in total. The summed E-state index contributed by atoms with van der Waals surface area (Å²) in [6.45, 7) is 3.71. The predicted octanol–water partition coefficient (Wildman–Crippen LogP) is 0.217. The Morgan fingerprint density at radius 3 is 2.89 bits per heavy atom. The molecule has 1 fully saturated rings. The summed E-state index contributed by atoms with van der Waals surface area (Å²) in [6, 6.07) is -0.421. The van der Waals surface area contributed by atoms with Crippen LogP contribution in [0.1, 0.15) is 15.9 Å². The molecule has 2 N–H and O–H groups in total. The van der Waals surface area contributed by atoms with E-state index in [2.05, 4.69) is 10.6 Å². The highest BCUT2D eigenvalue weighted by Gasteiger charge is 2.32. The van der Waals surface area contributed by atoms with Gasteiger partial charge >= 0.3 is 0 Å². The van der Waals surface area contributed by atoms with Gasteiger partial charge in [-0.2, -0.15) is 11.3 Å². The summed E-state index contributed by atoms with van der Waals surface area (Å²) < 4.78 is 0. The van der Waals surface area contributed by atoms with Crippen molar-refractivity contribution in [3.8, 4) is 0 Å². The minimum absolute atomic E-state index is 0.0520. The minimum Gasteiger partial charge on any atom is -0.357 e. The molecular weight excluding hydrogens is 250 g/mol. The summed E-state index contributed by atoms with van der Waals surface area (Å²) in [5, 5.41) is 9.55. The lowest BCUT2D eigenvalue weighted by atomic mass is 10.1. The predicted molar refractivity (Wildman–Crippen MR) is 70.8 cm³/mol. The van der Waals surface area contributed by atoms with Crippen molar-refractivity contribution in [2.24, 2.45) is 0 Å². The third-order valence-electron chi connectivity index (χ3n) is 3.14. The van der Waals surface area contributed by atoms with Gasteiger partial charge in [-0.3, -0.25) is 9.59 Å². The Morgan fingerprint density at radius 2 is 2.28 bits per heavy atom. The molecular formula is C12H17N3O2S. The molecule has 1 aliphatic rings. The molecule has 0 radical (unpaired) electrons. The lowest BCUT2D eigenvalue weighted by molar-refractivity contribution is -0.125. The van der Waals surface area contributed by atoms with Gasteiger partial charge in [0.25, 0.3) is 5.91 Å². The zero-order valence-electron chi connectivity index (χ0n) is 10.5. The SMILES string of the molecule is CNC(=O)C1CNCCN1C(=O)c1cscc1C. The molecule has 98 valence electrons. The first-order valence-corrected chi connectivity index (χ1v) is 6.85. The first-order valence-electron chi connectivity index (χ1n) is 5.91. The van der Waals surface area contributed by atoms with E-state index in [4.69, 9.17) is 0 Å². The normalized spacial score (nSPS) is 19.7. The summed E-state index contributed by atoms with van der Waals surface area (Å²) in [5.74, 6) is -0.174. The van der Waals surface area contributed by atoms with Gasteiger partial charge in [0.2, 0.25) is 5.91 Å². The van der Waals surface area contributed by atoms with Gasteiger partial charge in [-0.15, -0.1) is 0 Å². The van der Waals surface area contributed by atoms with Crippen LogP contribution in [0.15, 0.2) is 10.8 Å². The molecule has 1 atom stereocenters. The van der Waals surface area contributed by atoms with Gasteiger partial charge in [0, 0.05) is 32.1 Å². The number of nitrogens with one attached hydrogen (secondary N) is 2. The van der Waals surface area contributed by atoms with Gasteiger partial charge in [0.15, 0.2) is 0 Å². The van der Waals surface area contributed by atoms with Crippen LogP contribution in [0.25, 0.3) is 0 Å². The van der Waals surface area contributed by atoms with Crippen molar-refractivity contribution in [1.82, 2.24) is 15.5 Å². The second-order valence-corrected chi connectivity index (χ2v) is 5.04. The van der Waals surface area contributed by atoms with E-state index in [0.29, 0.717) is 18.7 Å². The van der Waals surface area contributed by atoms with Crippen LogP contribution in [0.2, 0.25) is 0 Å². The molecule has 1 saturated heterocycles. The number of thiophene rings is 1. The van der Waals surface area contributed by atoms with Crippen molar-refractivity contribution in [1.29, 1.82) is 0 Å². The lowest BCUT2D eigenvalue weighted by Crippen LogP contribution is -2.59. The molecule has 1 aliphatic heterocycles. The number of amides is 2. The fourth-order valence-corrected chi connectivity index (χ4v) is 2.90. The number of hydrogen-bond donors (Lipinski definition) is 2. The van der Waals surface area contributed by atoms with Crippen molar-refractivity contribution in [3.63, 3.8) is 0 Å². The van der Waals surface area contributed by atoms with Crippen LogP contribution in [0.3, 0.4) is 0 Å². The second-order valence-electron chi connectivity index (χ2n) is 4.30. The Labute approximate surface area is 110 Å². The number of rotatable bonds is 2. The molecule has 18 heavy (non-hydrogen) atoms. The van der Waals surface area contributed by atoms with Crippen molar-refractivity contribution < 1.29 is 9.59 Å². The quantitative estimate of drug-likeness (QED) is 0.805. The summed E-state index contributed by atoms with van der Waals surface area (Å²) in [4.78, 5) is 25.9. The standard InChI is InChI=1S/C12H17N3O2S/c1-8-6-18-7-9(8)12(17)15-4-3-14-5-10(15)11(16)13-2/h6-7,10,14H,3-5H2,1-2H3,(H,13,16). The molecule has 0 aromatic carbocycles. The van der Waals surface area contributed by atoms with Crippen LogP contribution >= 0.6 is 11.3 Å². The highest BCUT2D eigenvalue weighted by molar-refractivity contribution is 7.08. The number of piperazine rings is 1. The number of aryl methyl sites for hydroxylation is 1. The number of carbonyl (C=O) groups is 2. The first-order chi connectivity index (χ1) is 8.65. The van der Waals surface area contributed by atoms with Crippen LogP contribution < -0.4 is 10.6 Å². The summed E-state index contributed by atoms with van der Waals surface area (Å²) in [6.07, 6.45) is 0. The molecule has 1 unspecified atom stereocenters. The van der Waals surface area contributed by atoms with Crippen molar-refractivity contribution in [2.45, 2.75) is 13.0 Å². The smallest absolute Gasteiger partial charge is 0.255 e. The van der Waals surface area contributed by atoms with Gasteiger partial charge in [-0.05, 0) is 17.9 Å². The fourth-order valence-electron chi connectivity index (χ4n) is 2.08. The van der Waals surface area contributed by atoms with E-state index in [1.807, 2.05) is 17.7 Å². The summed E-state index contributed by atoms with van der Waals surface area (Å²) in [7, 11) is 1.59. The molecule has 0 aliphatic carbocycles. The Kier molecular flexibility index (Phi) is 3.98. The Hall–Kier alpha value is -1.40. The zero-order valence-corrected chi connectivity index (χ0v) is 11.3. The van der Waals surface area contributed by atoms with Crippen LogP contribution in [-0.2, 0) is 4.79 Å². The van der Waals surface area contributed by atoms with E-state index < -0.39 is 6.04 Å². The largest absolute Gasteiger partial charge is 0.357 e. The molecule has 0 saturated carbocycles. The van der Waals surface area contributed by atoms with E-state index in [0.717, 1.165) is 12.1 Å². The topological polar surface area (TPSA) is 61.4 Å². The van der Waals surface area contributed by atoms with Crippen molar-refractivity contribution in [2.75, 3.05) is 26.7 Å². The molecule has 1 aromatic heterocycles. The highest BCUT2D eigenvalue weighted by atomic mass is 32.1. The fraction of sp³-hybridized carbons (Fsp3) is 0.500. The Morgan fingerprint density at radius 1 is 1.50 bits per heavy atom. The average molecular weight is 267 g/mol. The van der Waals surface area contributed by atoms with Crippen LogP contribution in [0.4, 0.5) is 0 Å². The highest BCUT2D eigenvalue weighted by Crippen LogP contribution is 2.18. The van der Waals surface area contributed by atoms with Gasteiger partial charge in [0.1, 0.15) is 6.04 Å². The lowest BCUT2D eigenvalue weighted by Gasteiger charge is -2.34. The van der Waals surface area contributed by atoms with Crippen molar-refractivity contribution >= 4 is 23.2 Å². The van der Waals surface area contributed by atoms with Gasteiger partial charge < -0.3 is 15.5 Å². The zero-order chi connectivity index (χ0) is 13.1. The van der Waals surface area contributed by atoms with Crippen molar-refractivity contribution in [3.05, 3.63) is 21.9 Å². The second kappa shape index (κ2) is 5.49. The van der Waals surface area contributed by atoms with Crippen LogP contribution in [-0.4, -0.2) is 49.4 Å². The molecule has 0 bridgehead atoms. The molecule has 2 amide bonds. The number of carbonyl (C=O) groups excluding carboxylic acids is 2.